The van der Waals surface area contributed by atoms with Crippen LogP contribution in [0.15, 0.2) is 66.7 Å². The van der Waals surface area contributed by atoms with Crippen molar-refractivity contribution >= 4 is 10.8 Å². The van der Waals surface area contributed by atoms with E-state index in [9.17, 15) is 0 Å². The Morgan fingerprint density at radius 1 is 0.737 bits per heavy atom. The molecule has 94 valence electrons. The Morgan fingerprint density at radius 3 is 2.26 bits per heavy atom. The lowest BCUT2D eigenvalue weighted by Gasteiger charge is -2.01. The lowest BCUT2D eigenvalue weighted by atomic mass is 10.1. The molecule has 0 fully saturated rings. The van der Waals surface area contributed by atoms with Crippen molar-refractivity contribution in [2.24, 2.45) is 0 Å². The van der Waals surface area contributed by atoms with E-state index in [-0.39, 0.29) is 21.2 Å². The first-order chi connectivity index (χ1) is 9.35. The van der Waals surface area contributed by atoms with Crippen LogP contribution in [0.25, 0.3) is 10.8 Å². The van der Waals surface area contributed by atoms with Crippen LogP contribution in [0.1, 0.15) is 0 Å². The molecule has 0 aliphatic heterocycles. The molecule has 0 spiro atoms. The lowest BCUT2D eigenvalue weighted by molar-refractivity contribution is -0.597. The SMILES string of the molecule is COc1ccc2cc([I+]c3ccccc3)ccc2c1. The number of fused-ring (bicyclic) bond motifs is 1. The third-order valence-electron chi connectivity index (χ3n) is 2.96. The fourth-order valence-corrected chi connectivity index (χ4v) is 4.33. The fraction of sp³-hybridized carbons (Fsp3) is 0.0588. The Balaban J connectivity index is 1.94. The number of methoxy groups -OCH3 is 1. The molecule has 3 aromatic carbocycles. The second-order valence-corrected chi connectivity index (χ2v) is 7.28. The Bertz CT molecular complexity index is 692. The zero-order valence-electron chi connectivity index (χ0n) is 10.6. The van der Waals surface area contributed by atoms with Gasteiger partial charge in [-0.15, -0.1) is 0 Å². The molecule has 1 nitrogen and oxygen atoms in total. The molecule has 0 unspecified atom stereocenters. The van der Waals surface area contributed by atoms with Crippen molar-refractivity contribution < 1.29 is 25.9 Å². The maximum atomic E-state index is 5.26. The number of ether oxygens (including phenoxy) is 1. The molecule has 3 aromatic rings. The van der Waals surface area contributed by atoms with Crippen molar-refractivity contribution in [2.45, 2.75) is 0 Å². The predicted molar refractivity (Wildman–Crippen MR) is 74.3 cm³/mol. The van der Waals surface area contributed by atoms with Crippen LogP contribution < -0.4 is 25.9 Å². The Hall–Kier alpha value is -1.55. The Labute approximate surface area is 123 Å². The summed E-state index contributed by atoms with van der Waals surface area (Å²) >= 11 is -0.0891. The van der Waals surface area contributed by atoms with Gasteiger partial charge in [-0.25, -0.2) is 0 Å². The lowest BCUT2D eigenvalue weighted by Crippen LogP contribution is -3.61. The third kappa shape index (κ3) is 2.89. The van der Waals surface area contributed by atoms with Crippen molar-refractivity contribution in [3.63, 3.8) is 0 Å². The van der Waals surface area contributed by atoms with E-state index >= 15 is 0 Å². The molecule has 0 radical (unpaired) electrons. The van der Waals surface area contributed by atoms with E-state index < -0.39 is 0 Å². The van der Waals surface area contributed by atoms with Gasteiger partial charge in [0.1, 0.15) is 5.75 Å². The first-order valence-corrected chi connectivity index (χ1v) is 8.28. The summed E-state index contributed by atoms with van der Waals surface area (Å²) in [5, 5.41) is 2.52. The van der Waals surface area contributed by atoms with Crippen molar-refractivity contribution in [3.8, 4) is 5.75 Å². The van der Waals surface area contributed by atoms with Crippen molar-refractivity contribution in [2.75, 3.05) is 7.11 Å². The van der Waals surface area contributed by atoms with Crippen LogP contribution in [0.4, 0.5) is 0 Å². The van der Waals surface area contributed by atoms with E-state index in [1.165, 1.54) is 17.9 Å². The molecule has 0 saturated heterocycles. The minimum Gasteiger partial charge on any atom is -0.497 e. The molecule has 0 aliphatic carbocycles. The smallest absolute Gasteiger partial charge is 0.357 e. The zero-order chi connectivity index (χ0) is 13.1. The summed E-state index contributed by atoms with van der Waals surface area (Å²) < 4.78 is 8.15. The van der Waals surface area contributed by atoms with Gasteiger partial charge < -0.3 is 4.74 Å². The van der Waals surface area contributed by atoms with Crippen LogP contribution in [-0.4, -0.2) is 7.11 Å². The third-order valence-corrected chi connectivity index (χ3v) is 5.60. The summed E-state index contributed by atoms with van der Waals surface area (Å²) in [6.45, 7) is 0. The maximum absolute atomic E-state index is 5.26. The molecule has 0 aliphatic rings. The molecule has 0 heterocycles. The van der Waals surface area contributed by atoms with Gasteiger partial charge in [0.2, 0.25) is 0 Å². The molecule has 0 aromatic heterocycles. The highest BCUT2D eigenvalue weighted by Gasteiger charge is 2.15. The van der Waals surface area contributed by atoms with E-state index in [4.69, 9.17) is 4.74 Å². The Kier molecular flexibility index (Phi) is 3.69. The van der Waals surface area contributed by atoms with Gasteiger partial charge >= 0.3 is 21.2 Å². The highest BCUT2D eigenvalue weighted by atomic mass is 127. The van der Waals surface area contributed by atoms with Gasteiger partial charge in [-0.2, -0.15) is 0 Å². The average Bonchev–Trinajstić information content (AvgIpc) is 2.48. The van der Waals surface area contributed by atoms with Crippen molar-refractivity contribution in [1.82, 2.24) is 0 Å². The standard InChI is InChI=1S/C17H14IO/c1-19-17-10-8-13-11-16(9-7-14(13)12-17)18-15-5-3-2-4-6-15/h2-12H,1H3/q+1. The number of rotatable bonds is 3. The number of hydrogen-bond acceptors (Lipinski definition) is 1. The number of hydrogen-bond donors (Lipinski definition) is 0. The van der Waals surface area contributed by atoms with Crippen LogP contribution in [0, 0.1) is 7.14 Å². The Morgan fingerprint density at radius 2 is 1.47 bits per heavy atom. The second kappa shape index (κ2) is 5.61. The molecular formula is C17H14IO+. The van der Waals surface area contributed by atoms with Crippen molar-refractivity contribution in [1.29, 1.82) is 0 Å². The van der Waals surface area contributed by atoms with Gasteiger partial charge in [-0.05, 0) is 53.2 Å². The van der Waals surface area contributed by atoms with Crippen LogP contribution in [-0.2, 0) is 0 Å². The molecular weight excluding hydrogens is 347 g/mol. The maximum Gasteiger partial charge on any atom is 0.357 e. The van der Waals surface area contributed by atoms with Crippen LogP contribution >= 0.6 is 0 Å². The minimum absolute atomic E-state index is 0.0891. The molecule has 0 saturated carbocycles. The van der Waals surface area contributed by atoms with Crippen LogP contribution in [0.2, 0.25) is 0 Å². The summed E-state index contributed by atoms with van der Waals surface area (Å²) in [5.41, 5.74) is 0. The second-order valence-electron chi connectivity index (χ2n) is 4.25. The van der Waals surface area contributed by atoms with Gasteiger partial charge in [0.15, 0.2) is 7.14 Å². The minimum atomic E-state index is -0.0891. The zero-order valence-corrected chi connectivity index (χ0v) is 12.8. The monoisotopic (exact) mass is 361 g/mol. The highest BCUT2D eigenvalue weighted by molar-refractivity contribution is 5.83. The van der Waals surface area contributed by atoms with Gasteiger partial charge in [-0.3, -0.25) is 0 Å². The van der Waals surface area contributed by atoms with E-state index in [1.807, 2.05) is 6.07 Å². The summed E-state index contributed by atoms with van der Waals surface area (Å²) in [5.74, 6) is 0.915. The largest absolute Gasteiger partial charge is 0.497 e. The van der Waals surface area contributed by atoms with E-state index in [0.717, 1.165) is 5.75 Å². The molecule has 3 rings (SSSR count). The fourth-order valence-electron chi connectivity index (χ4n) is 1.98. The molecule has 0 bridgehead atoms. The predicted octanol–water partition coefficient (Wildman–Crippen LogP) is 0.977. The molecule has 0 atom stereocenters. The summed E-state index contributed by atoms with van der Waals surface area (Å²) in [6, 6.07) is 23.7. The van der Waals surface area contributed by atoms with E-state index in [1.54, 1.807) is 7.11 Å². The van der Waals surface area contributed by atoms with Crippen LogP contribution in [0.3, 0.4) is 0 Å². The van der Waals surface area contributed by atoms with Crippen molar-refractivity contribution in [3.05, 3.63) is 73.9 Å². The number of benzene rings is 3. The first-order valence-electron chi connectivity index (χ1n) is 6.13. The molecule has 2 heteroatoms. The van der Waals surface area contributed by atoms with E-state index in [2.05, 4.69) is 60.7 Å². The topological polar surface area (TPSA) is 9.23 Å². The van der Waals surface area contributed by atoms with Gasteiger partial charge in [0.05, 0.1) is 7.11 Å². The van der Waals surface area contributed by atoms with Gasteiger partial charge in [0, 0.05) is 0 Å². The highest BCUT2D eigenvalue weighted by Crippen LogP contribution is 2.19. The first kappa shape index (κ1) is 12.5. The quantitative estimate of drug-likeness (QED) is 0.632. The van der Waals surface area contributed by atoms with Crippen LogP contribution in [0.5, 0.6) is 5.75 Å². The van der Waals surface area contributed by atoms with Gasteiger partial charge in [0.25, 0.3) is 0 Å². The molecule has 19 heavy (non-hydrogen) atoms. The molecule has 0 amide bonds. The summed E-state index contributed by atoms with van der Waals surface area (Å²) in [7, 11) is 1.70. The summed E-state index contributed by atoms with van der Waals surface area (Å²) in [6.07, 6.45) is 0. The normalized spacial score (nSPS) is 10.6. The van der Waals surface area contributed by atoms with Gasteiger partial charge in [-0.1, -0.05) is 24.3 Å². The number of halogens is 1. The molecule has 0 N–H and O–H groups in total. The van der Waals surface area contributed by atoms with E-state index in [0.29, 0.717) is 0 Å². The average molecular weight is 361 g/mol. The summed E-state index contributed by atoms with van der Waals surface area (Å²) in [4.78, 5) is 0.